The molecular weight excluding hydrogens is 304 g/mol. The molecule has 1 saturated heterocycles. The number of piperazine rings is 1. The van der Waals surface area contributed by atoms with Crippen molar-refractivity contribution in [3.05, 3.63) is 0 Å². The summed E-state index contributed by atoms with van der Waals surface area (Å²) in [6.07, 6.45) is 8.46. The molecule has 2 rings (SSSR count). The zero-order valence-electron chi connectivity index (χ0n) is 13.3. The summed E-state index contributed by atoms with van der Waals surface area (Å²) in [5.41, 5.74) is 0. The highest BCUT2D eigenvalue weighted by Gasteiger charge is 2.18. The maximum atomic E-state index is 11.2. The van der Waals surface area contributed by atoms with Gasteiger partial charge < -0.3 is 0 Å². The molecule has 4 nitrogen and oxygen atoms in total. The topological polar surface area (TPSA) is 40.6 Å². The molecule has 0 bridgehead atoms. The molecule has 0 aromatic rings. The maximum absolute atomic E-state index is 11.2. The van der Waals surface area contributed by atoms with Crippen LogP contribution in [0.2, 0.25) is 0 Å². The summed E-state index contributed by atoms with van der Waals surface area (Å²) in [6.45, 7) is 6.11. The molecule has 2 fully saturated rings. The lowest BCUT2D eigenvalue weighted by molar-refractivity contribution is 0.144. The summed E-state index contributed by atoms with van der Waals surface area (Å²) in [4.78, 5) is 4.82. The number of hydrogen-bond donors (Lipinski definition) is 0. The van der Waals surface area contributed by atoms with Crippen molar-refractivity contribution in [1.29, 1.82) is 0 Å². The molecular formula is C15H30N2O2S2. The minimum atomic E-state index is -2.82. The van der Waals surface area contributed by atoms with E-state index < -0.39 is 9.84 Å². The van der Waals surface area contributed by atoms with Gasteiger partial charge in [-0.3, -0.25) is 9.80 Å². The third-order valence-electron chi connectivity index (χ3n) is 4.56. The number of nitrogens with zero attached hydrogens (tertiary/aromatic N) is 2. The first-order chi connectivity index (χ1) is 10.0. The van der Waals surface area contributed by atoms with E-state index in [1.165, 1.54) is 50.7 Å². The van der Waals surface area contributed by atoms with Crippen LogP contribution in [0.3, 0.4) is 0 Å². The van der Waals surface area contributed by atoms with Crippen LogP contribution in [0, 0.1) is 0 Å². The molecule has 0 aromatic carbocycles. The van der Waals surface area contributed by atoms with Crippen LogP contribution in [0.15, 0.2) is 0 Å². The minimum absolute atomic E-state index is 0.296. The third-order valence-corrected chi connectivity index (χ3v) is 6.84. The lowest BCUT2D eigenvalue weighted by atomic mass is 10.0. The summed E-state index contributed by atoms with van der Waals surface area (Å²) < 4.78 is 22.4. The van der Waals surface area contributed by atoms with Crippen LogP contribution in [-0.2, 0) is 9.84 Å². The normalized spacial score (nSPS) is 23.5. The Balaban J connectivity index is 1.54. The molecule has 0 atom stereocenters. The Bertz CT molecular complexity index is 386. The Labute approximate surface area is 134 Å². The predicted octanol–water partition coefficient (Wildman–Crippen LogP) is 1.71. The van der Waals surface area contributed by atoms with Gasteiger partial charge >= 0.3 is 0 Å². The largest absolute Gasteiger partial charge is 0.300 e. The van der Waals surface area contributed by atoms with Crippen molar-refractivity contribution in [3.63, 3.8) is 0 Å². The van der Waals surface area contributed by atoms with Crippen molar-refractivity contribution in [3.8, 4) is 0 Å². The monoisotopic (exact) mass is 334 g/mol. The van der Waals surface area contributed by atoms with Gasteiger partial charge in [0.05, 0.1) is 5.75 Å². The molecule has 6 heteroatoms. The van der Waals surface area contributed by atoms with E-state index in [4.69, 9.17) is 0 Å². The number of rotatable bonds is 7. The van der Waals surface area contributed by atoms with E-state index in [9.17, 15) is 8.42 Å². The van der Waals surface area contributed by atoms with Crippen LogP contribution in [0.4, 0.5) is 0 Å². The first-order valence-electron chi connectivity index (χ1n) is 8.27. The molecule has 124 valence electrons. The fraction of sp³-hybridized carbons (Fsp3) is 1.00. The molecule has 0 radical (unpaired) electrons. The quantitative estimate of drug-likeness (QED) is 0.709. The average molecular weight is 335 g/mol. The van der Waals surface area contributed by atoms with Gasteiger partial charge in [-0.05, 0) is 12.8 Å². The van der Waals surface area contributed by atoms with Crippen LogP contribution in [0.5, 0.6) is 0 Å². The van der Waals surface area contributed by atoms with E-state index in [0.717, 1.165) is 31.4 Å². The molecule has 21 heavy (non-hydrogen) atoms. The van der Waals surface area contributed by atoms with Crippen LogP contribution >= 0.6 is 11.8 Å². The second-order valence-electron chi connectivity index (χ2n) is 6.44. The van der Waals surface area contributed by atoms with Gasteiger partial charge in [0.2, 0.25) is 0 Å². The van der Waals surface area contributed by atoms with Gasteiger partial charge in [-0.1, -0.05) is 19.3 Å². The molecule has 0 spiro atoms. The van der Waals surface area contributed by atoms with E-state index in [-0.39, 0.29) is 0 Å². The van der Waals surface area contributed by atoms with Crippen LogP contribution in [0.1, 0.15) is 32.1 Å². The van der Waals surface area contributed by atoms with E-state index in [0.29, 0.717) is 12.3 Å². The smallest absolute Gasteiger partial charge is 0.148 e. The molecule has 1 aliphatic heterocycles. The van der Waals surface area contributed by atoms with Crippen molar-refractivity contribution < 1.29 is 8.42 Å². The fourth-order valence-corrected chi connectivity index (χ4v) is 5.07. The van der Waals surface area contributed by atoms with Crippen LogP contribution in [-0.4, -0.2) is 80.5 Å². The fourth-order valence-electron chi connectivity index (χ4n) is 3.11. The van der Waals surface area contributed by atoms with E-state index >= 15 is 0 Å². The summed E-state index contributed by atoms with van der Waals surface area (Å²) >= 11 is 2.17. The molecule has 0 aromatic heterocycles. The molecule has 0 unspecified atom stereocenters. The summed E-state index contributed by atoms with van der Waals surface area (Å²) in [5, 5.41) is 0.912. The Kier molecular flexibility index (Phi) is 7.32. The van der Waals surface area contributed by atoms with Crippen molar-refractivity contribution in [2.45, 2.75) is 37.4 Å². The average Bonchev–Trinajstić information content (AvgIpc) is 2.47. The Morgan fingerprint density at radius 3 is 2.10 bits per heavy atom. The molecule has 1 heterocycles. The van der Waals surface area contributed by atoms with Gasteiger partial charge in [-0.2, -0.15) is 11.8 Å². The molecule has 0 amide bonds. The number of sulfone groups is 1. The number of thioether (sulfide) groups is 1. The van der Waals surface area contributed by atoms with Gasteiger partial charge in [0, 0.05) is 56.5 Å². The highest BCUT2D eigenvalue weighted by molar-refractivity contribution is 7.99. The molecule has 1 saturated carbocycles. The van der Waals surface area contributed by atoms with Crippen molar-refractivity contribution in [2.75, 3.05) is 57.0 Å². The van der Waals surface area contributed by atoms with Gasteiger partial charge in [-0.25, -0.2) is 8.42 Å². The van der Waals surface area contributed by atoms with Crippen LogP contribution in [0.25, 0.3) is 0 Å². The highest BCUT2D eigenvalue weighted by atomic mass is 32.2. The maximum Gasteiger partial charge on any atom is 0.148 e. The Hall–Kier alpha value is 0.220. The van der Waals surface area contributed by atoms with Crippen molar-refractivity contribution >= 4 is 21.6 Å². The second kappa shape index (κ2) is 8.75. The zero-order valence-corrected chi connectivity index (χ0v) is 14.9. The van der Waals surface area contributed by atoms with Gasteiger partial charge in [-0.15, -0.1) is 0 Å². The standard InChI is InChI=1S/C15H30N2O2S2/c1-21(18,19)14-12-17-9-7-16(8-10-17)11-13-20-15-5-3-2-4-6-15/h15H,2-14H2,1H3. The van der Waals surface area contributed by atoms with E-state index in [1.807, 2.05) is 0 Å². The summed E-state index contributed by atoms with van der Waals surface area (Å²) in [6, 6.07) is 0. The predicted molar refractivity (Wildman–Crippen MR) is 91.9 cm³/mol. The second-order valence-corrected chi connectivity index (χ2v) is 10.1. The highest BCUT2D eigenvalue weighted by Crippen LogP contribution is 2.28. The minimum Gasteiger partial charge on any atom is -0.300 e. The van der Waals surface area contributed by atoms with E-state index in [2.05, 4.69) is 21.6 Å². The summed E-state index contributed by atoms with van der Waals surface area (Å²) in [5.74, 6) is 1.55. The number of hydrogen-bond acceptors (Lipinski definition) is 5. The lowest BCUT2D eigenvalue weighted by Gasteiger charge is -2.34. The van der Waals surface area contributed by atoms with E-state index in [1.54, 1.807) is 0 Å². The van der Waals surface area contributed by atoms with Crippen molar-refractivity contribution in [2.24, 2.45) is 0 Å². The van der Waals surface area contributed by atoms with Crippen LogP contribution < -0.4 is 0 Å². The zero-order chi connectivity index (χ0) is 15.1. The first kappa shape index (κ1) is 17.6. The Morgan fingerprint density at radius 2 is 1.52 bits per heavy atom. The van der Waals surface area contributed by atoms with Gasteiger partial charge in [0.15, 0.2) is 0 Å². The third kappa shape index (κ3) is 7.35. The van der Waals surface area contributed by atoms with Gasteiger partial charge in [0.1, 0.15) is 9.84 Å². The molecule has 1 aliphatic carbocycles. The Morgan fingerprint density at radius 1 is 0.952 bits per heavy atom. The first-order valence-corrected chi connectivity index (χ1v) is 11.4. The van der Waals surface area contributed by atoms with Crippen molar-refractivity contribution in [1.82, 2.24) is 9.80 Å². The molecule has 0 N–H and O–H groups in total. The summed E-state index contributed by atoms with van der Waals surface area (Å²) in [7, 11) is -2.82. The SMILES string of the molecule is CS(=O)(=O)CCN1CCN(CCSC2CCCCC2)CC1. The molecule has 2 aliphatic rings. The lowest BCUT2D eigenvalue weighted by Crippen LogP contribution is -2.48. The van der Waals surface area contributed by atoms with Gasteiger partial charge in [0.25, 0.3) is 0 Å².